The van der Waals surface area contributed by atoms with Crippen molar-refractivity contribution in [2.45, 2.75) is 13.3 Å². The van der Waals surface area contributed by atoms with E-state index in [-0.39, 0.29) is 0 Å². The summed E-state index contributed by atoms with van der Waals surface area (Å²) in [5, 5.41) is 0. The van der Waals surface area contributed by atoms with Gasteiger partial charge >= 0.3 is 0 Å². The van der Waals surface area contributed by atoms with Gasteiger partial charge in [-0.2, -0.15) is 0 Å². The minimum absolute atomic E-state index is 0.429. The van der Waals surface area contributed by atoms with Gasteiger partial charge in [-0.3, -0.25) is 0 Å². The Bertz CT molecular complexity index is 170. The van der Waals surface area contributed by atoms with E-state index in [1.165, 1.54) is 6.08 Å². The molecule has 0 rings (SSSR count). The van der Waals surface area contributed by atoms with Crippen LogP contribution in [0.2, 0.25) is 0 Å². The average molecular weight is 138 g/mol. The number of halogens is 1. The highest BCUT2D eigenvalue weighted by molar-refractivity contribution is 5.26. The molecule has 0 N–H and O–H groups in total. The van der Waals surface area contributed by atoms with Crippen molar-refractivity contribution in [1.29, 1.82) is 0 Å². The molecule has 0 nitrogen and oxygen atoms in total. The first-order chi connectivity index (χ1) is 4.85. The molecule has 10 heavy (non-hydrogen) atoms. The van der Waals surface area contributed by atoms with Gasteiger partial charge in [0.15, 0.2) is 0 Å². The van der Waals surface area contributed by atoms with Gasteiger partial charge in [-0.1, -0.05) is 25.0 Å². The van der Waals surface area contributed by atoms with E-state index in [1.54, 1.807) is 12.2 Å². The molecule has 0 unspecified atom stereocenters. The zero-order valence-electron chi connectivity index (χ0n) is 6.10. The van der Waals surface area contributed by atoms with Crippen LogP contribution in [0.25, 0.3) is 0 Å². The largest absolute Gasteiger partial charge is 0.247 e. The third-order valence-electron chi connectivity index (χ3n) is 1.10. The Kier molecular flexibility index (Phi) is 5.47. The number of alkyl halides is 1. The molecule has 54 valence electrons. The Labute approximate surface area is 61.4 Å². The first-order valence-corrected chi connectivity index (χ1v) is 3.22. The lowest BCUT2D eigenvalue weighted by Crippen LogP contribution is -1.73. The Morgan fingerprint density at radius 1 is 1.70 bits per heavy atom. The van der Waals surface area contributed by atoms with Crippen LogP contribution in [0.1, 0.15) is 13.3 Å². The summed E-state index contributed by atoms with van der Waals surface area (Å²) >= 11 is 0. The predicted octanol–water partition coefficient (Wildman–Crippen LogP) is 2.48. The average Bonchev–Trinajstić information content (AvgIpc) is 1.98. The molecule has 0 aliphatic heterocycles. The lowest BCUT2D eigenvalue weighted by atomic mass is 10.2. The van der Waals surface area contributed by atoms with Crippen LogP contribution in [-0.4, -0.2) is 6.67 Å². The quantitative estimate of drug-likeness (QED) is 0.415. The SMILES string of the molecule is C#C/C=C(\C=C/CF)CC. The molecule has 1 heteroatoms. The summed E-state index contributed by atoms with van der Waals surface area (Å²) in [6.07, 6.45) is 10.7. The second-order valence-corrected chi connectivity index (χ2v) is 1.80. The fourth-order valence-electron chi connectivity index (χ4n) is 0.571. The number of terminal acetylenes is 1. The second-order valence-electron chi connectivity index (χ2n) is 1.80. The second kappa shape index (κ2) is 6.10. The van der Waals surface area contributed by atoms with Gasteiger partial charge in [-0.05, 0) is 18.1 Å². The summed E-state index contributed by atoms with van der Waals surface area (Å²) in [6.45, 7) is 1.55. The van der Waals surface area contributed by atoms with Crippen LogP contribution in [0.4, 0.5) is 4.39 Å². The molecular weight excluding hydrogens is 127 g/mol. The standard InChI is InChI=1S/C9H11F/c1-3-6-9(4-2)7-5-8-10/h1,5-7H,4,8H2,2H3/b7-5-,9-6-. The molecule has 0 aromatic carbocycles. The summed E-state index contributed by atoms with van der Waals surface area (Å²) in [5.41, 5.74) is 0.986. The van der Waals surface area contributed by atoms with Crippen LogP contribution < -0.4 is 0 Å². The van der Waals surface area contributed by atoms with Gasteiger partial charge in [0.1, 0.15) is 6.67 Å². The normalized spacial score (nSPS) is 11.9. The highest BCUT2D eigenvalue weighted by Crippen LogP contribution is 2.00. The van der Waals surface area contributed by atoms with E-state index in [9.17, 15) is 4.39 Å². The summed E-state index contributed by atoms with van der Waals surface area (Å²) in [4.78, 5) is 0. The maximum absolute atomic E-state index is 11.6. The summed E-state index contributed by atoms with van der Waals surface area (Å²) in [5.74, 6) is 2.39. The zero-order valence-corrected chi connectivity index (χ0v) is 6.10. The molecule has 0 amide bonds. The maximum Gasteiger partial charge on any atom is 0.108 e. The summed E-state index contributed by atoms with van der Waals surface area (Å²) < 4.78 is 11.6. The number of rotatable bonds is 3. The monoisotopic (exact) mass is 138 g/mol. The molecule has 0 aromatic heterocycles. The van der Waals surface area contributed by atoms with E-state index in [4.69, 9.17) is 6.42 Å². The molecule has 0 saturated heterocycles. The summed E-state index contributed by atoms with van der Waals surface area (Å²) in [6, 6.07) is 0. The topological polar surface area (TPSA) is 0 Å². The fourth-order valence-corrected chi connectivity index (χ4v) is 0.571. The Morgan fingerprint density at radius 2 is 2.40 bits per heavy atom. The van der Waals surface area contributed by atoms with Crippen LogP contribution in [-0.2, 0) is 0 Å². The fraction of sp³-hybridized carbons (Fsp3) is 0.333. The molecular formula is C9H11F. The number of allylic oxidation sites excluding steroid dienone is 4. The van der Waals surface area contributed by atoms with E-state index in [0.29, 0.717) is 0 Å². The molecule has 0 bridgehead atoms. The Balaban J connectivity index is 3.98. The molecule has 0 saturated carbocycles. The van der Waals surface area contributed by atoms with E-state index in [2.05, 4.69) is 5.92 Å². The number of hydrogen-bond acceptors (Lipinski definition) is 0. The van der Waals surface area contributed by atoms with E-state index >= 15 is 0 Å². The van der Waals surface area contributed by atoms with Crippen LogP contribution in [0.5, 0.6) is 0 Å². The van der Waals surface area contributed by atoms with E-state index < -0.39 is 6.67 Å². The van der Waals surface area contributed by atoms with E-state index in [0.717, 1.165) is 12.0 Å². The lowest BCUT2D eigenvalue weighted by molar-refractivity contribution is 0.561. The Morgan fingerprint density at radius 3 is 2.80 bits per heavy atom. The maximum atomic E-state index is 11.6. The highest BCUT2D eigenvalue weighted by atomic mass is 19.1. The molecule has 0 aliphatic carbocycles. The lowest BCUT2D eigenvalue weighted by Gasteiger charge is -1.90. The third-order valence-corrected chi connectivity index (χ3v) is 1.10. The molecule has 0 radical (unpaired) electrons. The van der Waals surface area contributed by atoms with Crippen molar-refractivity contribution in [2.75, 3.05) is 6.67 Å². The van der Waals surface area contributed by atoms with Crippen LogP contribution in [0, 0.1) is 12.3 Å². The van der Waals surface area contributed by atoms with Gasteiger partial charge in [0.25, 0.3) is 0 Å². The first-order valence-electron chi connectivity index (χ1n) is 3.22. The van der Waals surface area contributed by atoms with E-state index in [1.807, 2.05) is 6.92 Å². The minimum atomic E-state index is -0.429. The van der Waals surface area contributed by atoms with Gasteiger partial charge in [0, 0.05) is 0 Å². The molecule has 0 spiro atoms. The van der Waals surface area contributed by atoms with Crippen LogP contribution >= 0.6 is 0 Å². The smallest absolute Gasteiger partial charge is 0.108 e. The zero-order chi connectivity index (χ0) is 7.82. The molecule has 0 fully saturated rings. The van der Waals surface area contributed by atoms with Crippen molar-refractivity contribution in [3.8, 4) is 12.3 Å². The van der Waals surface area contributed by atoms with Crippen molar-refractivity contribution < 1.29 is 4.39 Å². The highest BCUT2D eigenvalue weighted by Gasteiger charge is 1.83. The van der Waals surface area contributed by atoms with Crippen molar-refractivity contribution in [1.82, 2.24) is 0 Å². The third kappa shape index (κ3) is 3.91. The van der Waals surface area contributed by atoms with Crippen molar-refractivity contribution in [3.05, 3.63) is 23.8 Å². The molecule has 0 aromatic rings. The van der Waals surface area contributed by atoms with Gasteiger partial charge in [0.05, 0.1) is 0 Å². The minimum Gasteiger partial charge on any atom is -0.247 e. The van der Waals surface area contributed by atoms with Crippen molar-refractivity contribution >= 4 is 0 Å². The predicted molar refractivity (Wildman–Crippen MR) is 42.3 cm³/mol. The Hall–Kier alpha value is -1.03. The number of hydrogen-bond donors (Lipinski definition) is 0. The van der Waals surface area contributed by atoms with Crippen LogP contribution in [0.15, 0.2) is 23.8 Å². The van der Waals surface area contributed by atoms with Crippen LogP contribution in [0.3, 0.4) is 0 Å². The van der Waals surface area contributed by atoms with Gasteiger partial charge in [-0.15, -0.1) is 6.42 Å². The van der Waals surface area contributed by atoms with Crippen molar-refractivity contribution in [3.63, 3.8) is 0 Å². The van der Waals surface area contributed by atoms with Gasteiger partial charge in [-0.25, -0.2) is 4.39 Å². The van der Waals surface area contributed by atoms with Gasteiger partial charge in [0.2, 0.25) is 0 Å². The van der Waals surface area contributed by atoms with Crippen molar-refractivity contribution in [2.24, 2.45) is 0 Å². The molecule has 0 aliphatic rings. The molecule has 0 atom stereocenters. The molecule has 0 heterocycles. The first kappa shape index (κ1) is 8.97. The van der Waals surface area contributed by atoms with Gasteiger partial charge < -0.3 is 0 Å². The summed E-state index contributed by atoms with van der Waals surface area (Å²) in [7, 11) is 0.